The zero-order valence-corrected chi connectivity index (χ0v) is 13.7. The number of nitrogens with two attached hydrogens (primary N) is 1. The Labute approximate surface area is 127 Å². The zero-order valence-electron chi connectivity index (χ0n) is 12.9. The lowest BCUT2D eigenvalue weighted by atomic mass is 9.75. The molecule has 0 bridgehead atoms. The fraction of sp³-hybridized carbons (Fsp3) is 0.625. The average Bonchev–Trinajstić information content (AvgIpc) is 2.25. The molecule has 2 rings (SSSR count). The monoisotopic (exact) mass is 291 g/mol. The van der Waals surface area contributed by atoms with Crippen molar-refractivity contribution in [3.05, 3.63) is 23.0 Å². The van der Waals surface area contributed by atoms with Crippen LogP contribution in [0.3, 0.4) is 0 Å². The van der Waals surface area contributed by atoms with E-state index in [1.54, 1.807) is 0 Å². The van der Waals surface area contributed by atoms with Crippen molar-refractivity contribution in [1.29, 1.82) is 0 Å². The Morgan fingerprint density at radius 3 is 2.75 bits per heavy atom. The van der Waals surface area contributed by atoms with Crippen LogP contribution in [0.1, 0.15) is 56.5 Å². The molecule has 1 unspecified atom stereocenters. The third kappa shape index (κ3) is 3.48. The van der Waals surface area contributed by atoms with Crippen molar-refractivity contribution in [3.8, 4) is 0 Å². The van der Waals surface area contributed by atoms with Crippen LogP contribution in [0.5, 0.6) is 0 Å². The molecule has 1 atom stereocenters. The summed E-state index contributed by atoms with van der Waals surface area (Å²) >= 11 is 5.19. The Bertz CT molecular complexity index is 523. The lowest BCUT2D eigenvalue weighted by molar-refractivity contribution is 0.229. The Morgan fingerprint density at radius 1 is 1.45 bits per heavy atom. The number of nitrogens with zero attached hydrogens (tertiary/aromatic N) is 1. The highest BCUT2D eigenvalue weighted by Crippen LogP contribution is 2.36. The molecule has 1 fully saturated rings. The van der Waals surface area contributed by atoms with E-state index in [1.165, 1.54) is 25.7 Å². The third-order valence-corrected chi connectivity index (χ3v) is 4.34. The van der Waals surface area contributed by atoms with Crippen LogP contribution in [-0.4, -0.2) is 16.0 Å². The normalized spacial score (nSPS) is 21.5. The van der Waals surface area contributed by atoms with Crippen molar-refractivity contribution >= 4 is 22.9 Å². The van der Waals surface area contributed by atoms with E-state index >= 15 is 0 Å². The number of nitrogens with one attached hydrogen (secondary N) is 1. The van der Waals surface area contributed by atoms with E-state index in [0.717, 1.165) is 22.6 Å². The molecule has 1 saturated carbocycles. The molecular weight excluding hydrogens is 266 g/mol. The van der Waals surface area contributed by atoms with E-state index in [2.05, 4.69) is 30.2 Å². The van der Waals surface area contributed by atoms with Gasteiger partial charge in [-0.25, -0.2) is 0 Å². The molecule has 0 spiro atoms. The van der Waals surface area contributed by atoms with Crippen LogP contribution in [0.25, 0.3) is 0 Å². The number of anilines is 1. The van der Waals surface area contributed by atoms with Crippen molar-refractivity contribution in [2.75, 3.05) is 5.32 Å². The first kappa shape index (κ1) is 15.2. The number of hydrogen-bond acceptors (Lipinski definition) is 3. The molecular formula is C16H25N3S. The minimum absolute atomic E-state index is 0.413. The van der Waals surface area contributed by atoms with E-state index in [0.29, 0.717) is 16.4 Å². The molecule has 110 valence electrons. The number of aryl methyl sites for hydroxylation is 2. The summed E-state index contributed by atoms with van der Waals surface area (Å²) in [5.41, 5.74) is 10.1. The van der Waals surface area contributed by atoms with Crippen LogP contribution < -0.4 is 11.1 Å². The number of rotatable bonds is 3. The first-order chi connectivity index (χ1) is 9.28. The summed E-state index contributed by atoms with van der Waals surface area (Å²) in [5, 5.41) is 3.66. The van der Waals surface area contributed by atoms with Crippen LogP contribution in [0.2, 0.25) is 0 Å². The molecule has 1 aliphatic rings. The van der Waals surface area contributed by atoms with Crippen LogP contribution in [0, 0.1) is 19.3 Å². The SMILES string of the molecule is Cc1cc(NC2CCCC(C)(C)C2)c(C(N)=S)c(C)n1. The third-order valence-electron chi connectivity index (χ3n) is 4.14. The fourth-order valence-corrected chi connectivity index (χ4v) is 3.55. The second-order valence-electron chi connectivity index (χ2n) is 6.74. The second kappa shape index (κ2) is 5.68. The van der Waals surface area contributed by atoms with Gasteiger partial charge in [0.15, 0.2) is 0 Å². The summed E-state index contributed by atoms with van der Waals surface area (Å²) in [4.78, 5) is 4.89. The minimum Gasteiger partial charge on any atom is -0.389 e. The highest BCUT2D eigenvalue weighted by Gasteiger charge is 2.28. The Kier molecular flexibility index (Phi) is 4.33. The lowest BCUT2D eigenvalue weighted by Gasteiger charge is -2.36. The van der Waals surface area contributed by atoms with Gasteiger partial charge in [-0.05, 0) is 44.6 Å². The maximum Gasteiger partial charge on any atom is 0.107 e. The van der Waals surface area contributed by atoms with Crippen molar-refractivity contribution in [3.63, 3.8) is 0 Å². The molecule has 0 aromatic carbocycles. The molecule has 3 nitrogen and oxygen atoms in total. The number of aromatic nitrogens is 1. The van der Waals surface area contributed by atoms with Crippen LogP contribution in [0.15, 0.2) is 6.07 Å². The first-order valence-electron chi connectivity index (χ1n) is 7.33. The summed E-state index contributed by atoms with van der Waals surface area (Å²) in [6.45, 7) is 8.67. The Morgan fingerprint density at radius 2 is 2.15 bits per heavy atom. The number of hydrogen-bond donors (Lipinski definition) is 2. The highest BCUT2D eigenvalue weighted by atomic mass is 32.1. The summed E-state index contributed by atoms with van der Waals surface area (Å²) in [6, 6.07) is 2.55. The van der Waals surface area contributed by atoms with Crippen LogP contribution in [-0.2, 0) is 0 Å². The van der Waals surface area contributed by atoms with Crippen molar-refractivity contribution in [2.24, 2.45) is 11.1 Å². The summed E-state index contributed by atoms with van der Waals surface area (Å²) in [6.07, 6.45) is 4.97. The van der Waals surface area contributed by atoms with E-state index < -0.39 is 0 Å². The van der Waals surface area contributed by atoms with Gasteiger partial charge in [-0.15, -0.1) is 0 Å². The topological polar surface area (TPSA) is 50.9 Å². The maximum absolute atomic E-state index is 5.88. The van der Waals surface area contributed by atoms with Gasteiger partial charge >= 0.3 is 0 Å². The standard InChI is InChI=1S/C16H25N3S/c1-10-8-13(14(15(17)20)11(2)18-10)19-12-6-5-7-16(3,4)9-12/h8,12H,5-7,9H2,1-4H3,(H2,17,20)(H,18,19). The second-order valence-corrected chi connectivity index (χ2v) is 7.18. The van der Waals surface area contributed by atoms with Gasteiger partial charge in [0.05, 0.1) is 5.56 Å². The van der Waals surface area contributed by atoms with Gasteiger partial charge in [-0.1, -0.05) is 32.5 Å². The molecule has 0 saturated heterocycles. The average molecular weight is 291 g/mol. The van der Waals surface area contributed by atoms with Gasteiger partial charge in [0.2, 0.25) is 0 Å². The molecule has 0 aliphatic heterocycles. The van der Waals surface area contributed by atoms with Crippen LogP contribution in [0.4, 0.5) is 5.69 Å². The molecule has 1 aromatic rings. The summed E-state index contributed by atoms with van der Waals surface area (Å²) < 4.78 is 0. The first-order valence-corrected chi connectivity index (χ1v) is 7.74. The minimum atomic E-state index is 0.413. The smallest absolute Gasteiger partial charge is 0.107 e. The molecule has 1 aliphatic carbocycles. The van der Waals surface area contributed by atoms with Gasteiger partial charge in [-0.2, -0.15) is 0 Å². The van der Waals surface area contributed by atoms with Gasteiger partial charge in [0.1, 0.15) is 4.99 Å². The molecule has 1 heterocycles. The van der Waals surface area contributed by atoms with Crippen molar-refractivity contribution in [2.45, 2.75) is 59.4 Å². The molecule has 20 heavy (non-hydrogen) atoms. The van der Waals surface area contributed by atoms with E-state index in [-0.39, 0.29) is 0 Å². The van der Waals surface area contributed by atoms with Gasteiger partial charge in [-0.3, -0.25) is 4.98 Å². The van der Waals surface area contributed by atoms with Crippen molar-refractivity contribution in [1.82, 2.24) is 4.98 Å². The maximum atomic E-state index is 5.88. The fourth-order valence-electron chi connectivity index (χ4n) is 3.29. The largest absolute Gasteiger partial charge is 0.389 e. The molecule has 4 heteroatoms. The van der Waals surface area contributed by atoms with E-state index in [4.69, 9.17) is 18.0 Å². The number of pyridine rings is 1. The molecule has 1 aromatic heterocycles. The predicted octanol–water partition coefficient (Wildman–Crippen LogP) is 3.71. The quantitative estimate of drug-likeness (QED) is 0.834. The predicted molar refractivity (Wildman–Crippen MR) is 89.3 cm³/mol. The number of thiocarbonyl (C=S) groups is 1. The van der Waals surface area contributed by atoms with Gasteiger partial charge < -0.3 is 11.1 Å². The highest BCUT2D eigenvalue weighted by molar-refractivity contribution is 7.80. The summed E-state index contributed by atoms with van der Waals surface area (Å²) in [7, 11) is 0. The lowest BCUT2D eigenvalue weighted by Crippen LogP contribution is -2.32. The van der Waals surface area contributed by atoms with E-state index in [1.807, 2.05) is 13.8 Å². The van der Waals surface area contributed by atoms with E-state index in [9.17, 15) is 0 Å². The molecule has 3 N–H and O–H groups in total. The molecule has 0 radical (unpaired) electrons. The van der Waals surface area contributed by atoms with Gasteiger partial charge in [0, 0.05) is 23.1 Å². The van der Waals surface area contributed by atoms with Gasteiger partial charge in [0.25, 0.3) is 0 Å². The van der Waals surface area contributed by atoms with Crippen LogP contribution >= 0.6 is 12.2 Å². The zero-order chi connectivity index (χ0) is 14.9. The Hall–Kier alpha value is -1.16. The summed E-state index contributed by atoms with van der Waals surface area (Å²) in [5.74, 6) is 0. The Balaban J connectivity index is 2.26. The van der Waals surface area contributed by atoms with Crippen molar-refractivity contribution < 1.29 is 0 Å². The molecule has 0 amide bonds.